The monoisotopic (exact) mass is 269 g/mol. The molecule has 0 fully saturated rings. The van der Waals surface area contributed by atoms with Crippen molar-refractivity contribution in [1.29, 1.82) is 0 Å². The largest absolute Gasteiger partial charge is 0.246 e. The molecule has 1 aromatic heterocycles. The average molecular weight is 269 g/mol. The van der Waals surface area contributed by atoms with Crippen LogP contribution in [0.25, 0.3) is 0 Å². The molecule has 0 unspecified atom stereocenters. The van der Waals surface area contributed by atoms with Gasteiger partial charge in [-0.1, -0.05) is 42.5 Å². The maximum atomic E-state index is 4.67. The molecule has 1 heterocycles. The Morgan fingerprint density at radius 1 is 1.26 bits per heavy atom. The summed E-state index contributed by atoms with van der Waals surface area (Å²) in [5, 5.41) is 1.18. The number of allylic oxidation sites excluding steroid dienone is 2. The lowest BCUT2D eigenvalue weighted by Crippen LogP contribution is -1.99. The minimum atomic E-state index is 0.336. The summed E-state index contributed by atoms with van der Waals surface area (Å²) in [5.74, 6) is 0.336. The number of nitrogens with zero attached hydrogens (tertiary/aromatic N) is 1. The van der Waals surface area contributed by atoms with Gasteiger partial charge in [0, 0.05) is 23.6 Å². The first-order chi connectivity index (χ1) is 9.24. The molecule has 0 radical (unpaired) electrons. The molecule has 98 valence electrons. The highest BCUT2D eigenvalue weighted by atomic mass is 32.1. The number of aryl methyl sites for hydroxylation is 1. The lowest BCUT2D eigenvalue weighted by atomic mass is 9.96. The Labute approximate surface area is 119 Å². The molecule has 2 heteroatoms. The second kappa shape index (κ2) is 6.48. The van der Waals surface area contributed by atoms with Crippen LogP contribution in [0.4, 0.5) is 0 Å². The first-order valence-electron chi connectivity index (χ1n) is 6.48. The Kier molecular flexibility index (Phi) is 4.69. The lowest BCUT2D eigenvalue weighted by Gasteiger charge is -2.10. The van der Waals surface area contributed by atoms with Gasteiger partial charge in [-0.2, -0.15) is 0 Å². The van der Waals surface area contributed by atoms with Crippen LogP contribution >= 0.6 is 11.3 Å². The summed E-state index contributed by atoms with van der Waals surface area (Å²) in [5.41, 5.74) is 2.44. The fourth-order valence-corrected chi connectivity index (χ4v) is 3.25. The van der Waals surface area contributed by atoms with Gasteiger partial charge >= 0.3 is 0 Å². The van der Waals surface area contributed by atoms with Crippen molar-refractivity contribution in [3.8, 4) is 0 Å². The van der Waals surface area contributed by atoms with E-state index in [1.807, 2.05) is 18.2 Å². The summed E-state index contributed by atoms with van der Waals surface area (Å²) in [6.07, 6.45) is 5.79. The maximum absolute atomic E-state index is 4.67. The van der Waals surface area contributed by atoms with Crippen molar-refractivity contribution in [2.75, 3.05) is 0 Å². The van der Waals surface area contributed by atoms with E-state index in [0.29, 0.717) is 5.92 Å². The van der Waals surface area contributed by atoms with Crippen molar-refractivity contribution >= 4 is 11.3 Å². The average Bonchev–Trinajstić information content (AvgIpc) is 2.78. The van der Waals surface area contributed by atoms with Gasteiger partial charge in [-0.15, -0.1) is 24.5 Å². The van der Waals surface area contributed by atoms with Gasteiger partial charge in [-0.05, 0) is 12.5 Å². The van der Waals surface area contributed by atoms with Crippen molar-refractivity contribution < 1.29 is 0 Å². The quantitative estimate of drug-likeness (QED) is 0.693. The Balaban J connectivity index is 2.17. The molecule has 19 heavy (non-hydrogen) atoms. The molecule has 0 saturated carbocycles. The first-order valence-corrected chi connectivity index (χ1v) is 7.29. The maximum Gasteiger partial charge on any atom is 0.0940 e. The number of hydrogen-bond donors (Lipinski definition) is 0. The van der Waals surface area contributed by atoms with Crippen LogP contribution in [-0.2, 0) is 12.8 Å². The van der Waals surface area contributed by atoms with Gasteiger partial charge in [0.25, 0.3) is 0 Å². The standard InChI is InChI=1S/C17H19NS/c1-4-9-16-13(3)18-17(19-16)12-14(5-2)15-10-7-6-8-11-15/h4-8,10-11,14H,1-2,9,12H2,3H3/t14-/m1/s1. The third kappa shape index (κ3) is 3.42. The van der Waals surface area contributed by atoms with Crippen molar-refractivity contribution in [2.24, 2.45) is 0 Å². The van der Waals surface area contributed by atoms with Crippen LogP contribution in [0.3, 0.4) is 0 Å². The number of aromatic nitrogens is 1. The molecule has 0 aliphatic heterocycles. The highest BCUT2D eigenvalue weighted by Crippen LogP contribution is 2.26. The molecule has 1 atom stereocenters. The smallest absolute Gasteiger partial charge is 0.0940 e. The second-order valence-electron chi connectivity index (χ2n) is 4.57. The summed E-state index contributed by atoms with van der Waals surface area (Å²) in [7, 11) is 0. The molecular formula is C17H19NS. The Morgan fingerprint density at radius 2 is 2.00 bits per heavy atom. The Hall–Kier alpha value is -1.67. The lowest BCUT2D eigenvalue weighted by molar-refractivity contribution is 0.826. The molecule has 2 aromatic rings. The van der Waals surface area contributed by atoms with Crippen molar-refractivity contribution in [2.45, 2.75) is 25.7 Å². The summed E-state index contributed by atoms with van der Waals surface area (Å²) in [4.78, 5) is 5.99. The number of hydrogen-bond acceptors (Lipinski definition) is 2. The molecule has 0 N–H and O–H groups in total. The van der Waals surface area contributed by atoms with Gasteiger partial charge in [0.15, 0.2) is 0 Å². The van der Waals surface area contributed by atoms with Gasteiger partial charge in [0.1, 0.15) is 0 Å². The molecule has 0 bridgehead atoms. The molecule has 1 aromatic carbocycles. The summed E-state index contributed by atoms with van der Waals surface area (Å²) in [6, 6.07) is 10.5. The Bertz CT molecular complexity index is 554. The molecule has 0 amide bonds. The van der Waals surface area contributed by atoms with Gasteiger partial charge in [0.2, 0.25) is 0 Å². The van der Waals surface area contributed by atoms with E-state index in [1.54, 1.807) is 11.3 Å². The third-order valence-electron chi connectivity index (χ3n) is 3.17. The van der Waals surface area contributed by atoms with E-state index in [0.717, 1.165) is 18.5 Å². The van der Waals surface area contributed by atoms with Crippen LogP contribution in [-0.4, -0.2) is 4.98 Å². The van der Waals surface area contributed by atoms with E-state index in [9.17, 15) is 0 Å². The molecule has 0 spiro atoms. The van der Waals surface area contributed by atoms with E-state index in [-0.39, 0.29) is 0 Å². The van der Waals surface area contributed by atoms with Crippen molar-refractivity contribution in [3.63, 3.8) is 0 Å². The van der Waals surface area contributed by atoms with Gasteiger partial charge < -0.3 is 0 Å². The molecule has 0 aliphatic carbocycles. The van der Waals surface area contributed by atoms with Crippen LogP contribution in [0.15, 0.2) is 55.6 Å². The topological polar surface area (TPSA) is 12.9 Å². The highest BCUT2D eigenvalue weighted by Gasteiger charge is 2.12. The summed E-state index contributed by atoms with van der Waals surface area (Å²) >= 11 is 1.79. The fraction of sp³-hybridized carbons (Fsp3) is 0.235. The Morgan fingerprint density at radius 3 is 2.63 bits per heavy atom. The number of benzene rings is 1. The first kappa shape index (κ1) is 13.8. The minimum Gasteiger partial charge on any atom is -0.246 e. The van der Waals surface area contributed by atoms with Crippen molar-refractivity contribution in [3.05, 3.63) is 76.8 Å². The zero-order valence-electron chi connectivity index (χ0n) is 11.3. The SMILES string of the molecule is C=CCc1sc(C[C@@H](C=C)c2ccccc2)nc1C. The zero-order chi connectivity index (χ0) is 13.7. The molecule has 1 nitrogen and oxygen atoms in total. The normalized spacial score (nSPS) is 12.1. The molecule has 0 saturated heterocycles. The van der Waals surface area contributed by atoms with E-state index < -0.39 is 0 Å². The van der Waals surface area contributed by atoms with E-state index >= 15 is 0 Å². The van der Waals surface area contributed by atoms with Gasteiger partial charge in [-0.25, -0.2) is 4.98 Å². The minimum absolute atomic E-state index is 0.336. The molecule has 0 aliphatic rings. The second-order valence-corrected chi connectivity index (χ2v) is 5.73. The van der Waals surface area contributed by atoms with Crippen LogP contribution in [0.2, 0.25) is 0 Å². The highest BCUT2D eigenvalue weighted by molar-refractivity contribution is 7.11. The third-order valence-corrected chi connectivity index (χ3v) is 4.38. The van der Waals surface area contributed by atoms with Gasteiger partial charge in [-0.3, -0.25) is 0 Å². The van der Waals surface area contributed by atoms with Crippen LogP contribution in [0.1, 0.15) is 27.1 Å². The predicted octanol–water partition coefficient (Wildman–Crippen LogP) is 4.69. The van der Waals surface area contributed by atoms with Crippen molar-refractivity contribution in [1.82, 2.24) is 4.98 Å². The van der Waals surface area contributed by atoms with E-state index in [4.69, 9.17) is 0 Å². The zero-order valence-corrected chi connectivity index (χ0v) is 12.1. The van der Waals surface area contributed by atoms with Gasteiger partial charge in [0.05, 0.1) is 10.7 Å². The van der Waals surface area contributed by atoms with Crippen LogP contribution in [0, 0.1) is 6.92 Å². The molecule has 2 rings (SSSR count). The summed E-state index contributed by atoms with van der Waals surface area (Å²) in [6.45, 7) is 9.83. The number of rotatable bonds is 6. The van der Waals surface area contributed by atoms with E-state index in [1.165, 1.54) is 15.4 Å². The van der Waals surface area contributed by atoms with Crippen LogP contribution in [0.5, 0.6) is 0 Å². The fourth-order valence-electron chi connectivity index (χ4n) is 2.12. The van der Waals surface area contributed by atoms with Crippen LogP contribution < -0.4 is 0 Å². The number of thiazole rings is 1. The van der Waals surface area contributed by atoms with E-state index in [2.05, 4.69) is 49.3 Å². The predicted molar refractivity (Wildman–Crippen MR) is 83.8 cm³/mol. The molecular weight excluding hydrogens is 250 g/mol. The summed E-state index contributed by atoms with van der Waals surface area (Å²) < 4.78 is 0.